The molecule has 1 heterocycles. The van der Waals surface area contributed by atoms with Crippen molar-refractivity contribution in [3.05, 3.63) is 46.4 Å². The molecule has 41 heavy (non-hydrogen) atoms. The second-order valence-corrected chi connectivity index (χ2v) is 11.8. The van der Waals surface area contributed by atoms with E-state index < -0.39 is 42.9 Å². The number of aromatic nitrogens is 1. The van der Waals surface area contributed by atoms with Gasteiger partial charge in [-0.3, -0.25) is 0 Å². The van der Waals surface area contributed by atoms with Crippen LogP contribution in [0.15, 0.2) is 36.7 Å². The molecule has 0 bridgehead atoms. The van der Waals surface area contributed by atoms with Gasteiger partial charge < -0.3 is 8.86 Å². The SMILES string of the molecule is C=C(C)C(=O)OCCCCc1ccc[n+](CCCC)c1.O=S(=O)([N-]S(=O)(=O)C(F)(F)C(F)(F)F)C(F)(F)C(F)(F)F. The summed E-state index contributed by atoms with van der Waals surface area (Å²) in [7, 11) is -15.2. The average molecular weight is 657 g/mol. The molecule has 8 nitrogen and oxygen atoms in total. The van der Waals surface area contributed by atoms with Crippen molar-refractivity contribution in [2.24, 2.45) is 0 Å². The lowest BCUT2D eigenvalue weighted by Gasteiger charge is -2.31. The minimum atomic E-state index is -7.62. The number of carbonyl (C=O) groups is 1. The highest BCUT2D eigenvalue weighted by Gasteiger charge is 2.68. The number of pyridine rings is 1. The number of sulfonamides is 2. The van der Waals surface area contributed by atoms with Crippen LogP contribution >= 0.6 is 0 Å². The van der Waals surface area contributed by atoms with Crippen LogP contribution in [0, 0.1) is 0 Å². The van der Waals surface area contributed by atoms with Gasteiger partial charge in [0.2, 0.25) is 0 Å². The molecule has 1 aromatic heterocycles. The zero-order valence-corrected chi connectivity index (χ0v) is 23.0. The largest absolute Gasteiger partial charge is 0.467 e. The minimum absolute atomic E-state index is 0.290. The van der Waals surface area contributed by atoms with Crippen molar-refractivity contribution in [1.29, 1.82) is 0 Å². The van der Waals surface area contributed by atoms with Crippen LogP contribution in [0.25, 0.3) is 4.13 Å². The van der Waals surface area contributed by atoms with Crippen molar-refractivity contribution in [2.75, 3.05) is 6.61 Å². The lowest BCUT2D eigenvalue weighted by atomic mass is 10.1. The van der Waals surface area contributed by atoms with Gasteiger partial charge in [-0.25, -0.2) is 26.2 Å². The van der Waals surface area contributed by atoms with Crippen molar-refractivity contribution in [1.82, 2.24) is 0 Å². The number of carbonyl (C=O) groups excluding carboxylic acids is 1. The second kappa shape index (κ2) is 14.6. The number of ether oxygens (including phenoxy) is 1. The summed E-state index contributed by atoms with van der Waals surface area (Å²) in [6.07, 6.45) is -4.29. The molecular weight excluding hydrogens is 630 g/mol. The van der Waals surface area contributed by atoms with Gasteiger partial charge in [0.15, 0.2) is 32.4 Å². The van der Waals surface area contributed by atoms with Gasteiger partial charge in [-0.1, -0.05) is 19.9 Å². The molecule has 238 valence electrons. The lowest BCUT2D eigenvalue weighted by molar-refractivity contribution is -0.697. The first-order valence-electron chi connectivity index (χ1n) is 11.3. The summed E-state index contributed by atoms with van der Waals surface area (Å²) in [5, 5.41) is -14.0. The molecule has 0 spiro atoms. The van der Waals surface area contributed by atoms with E-state index in [0.29, 0.717) is 16.3 Å². The molecule has 0 N–H and O–H groups in total. The van der Waals surface area contributed by atoms with E-state index >= 15 is 0 Å². The van der Waals surface area contributed by atoms with Crippen LogP contribution in [0.5, 0.6) is 0 Å². The van der Waals surface area contributed by atoms with E-state index in [2.05, 4.69) is 42.6 Å². The number of alkyl halides is 10. The molecule has 0 amide bonds. The van der Waals surface area contributed by atoms with Gasteiger partial charge in [-0.15, -0.1) is 0 Å². The predicted octanol–water partition coefficient (Wildman–Crippen LogP) is 5.55. The van der Waals surface area contributed by atoms with Crippen LogP contribution in [0.3, 0.4) is 0 Å². The minimum Gasteiger partial charge on any atom is -0.462 e. The van der Waals surface area contributed by atoms with Gasteiger partial charge in [0, 0.05) is 23.6 Å². The van der Waals surface area contributed by atoms with Crippen LogP contribution < -0.4 is 4.57 Å². The van der Waals surface area contributed by atoms with Crippen LogP contribution in [0.2, 0.25) is 0 Å². The summed E-state index contributed by atoms with van der Waals surface area (Å²) < 4.78 is 168. The van der Waals surface area contributed by atoms with Gasteiger partial charge in [0.25, 0.3) is 0 Å². The Labute approximate surface area is 229 Å². The van der Waals surface area contributed by atoms with Gasteiger partial charge in [-0.05, 0) is 32.3 Å². The topological polar surface area (TPSA) is 113 Å². The smallest absolute Gasteiger partial charge is 0.462 e. The number of hydrogen-bond acceptors (Lipinski definition) is 6. The third-order valence-electron chi connectivity index (χ3n) is 4.63. The summed E-state index contributed by atoms with van der Waals surface area (Å²) in [5.74, 6) is -0.290. The lowest BCUT2D eigenvalue weighted by Crippen LogP contribution is -2.48. The molecule has 20 heteroatoms. The Bertz CT molecular complexity index is 1190. The van der Waals surface area contributed by atoms with Crippen molar-refractivity contribution in [2.45, 2.75) is 75.4 Å². The van der Waals surface area contributed by atoms with Crippen molar-refractivity contribution >= 4 is 26.0 Å². The number of halogens is 10. The normalized spacial score (nSPS) is 13.3. The Morgan fingerprint density at radius 3 is 1.80 bits per heavy atom. The monoisotopic (exact) mass is 656 g/mol. The second-order valence-electron chi connectivity index (χ2n) is 8.23. The highest BCUT2D eigenvalue weighted by molar-refractivity contribution is 8.13. The summed E-state index contributed by atoms with van der Waals surface area (Å²) in [6.45, 7) is 9.00. The Kier molecular flexibility index (Phi) is 13.7. The first kappa shape index (κ1) is 38.5. The average Bonchev–Trinajstić information content (AvgIpc) is 2.80. The highest BCUT2D eigenvalue weighted by Crippen LogP contribution is 2.47. The number of nitrogens with zero attached hydrogens (tertiary/aromatic N) is 2. The quantitative estimate of drug-likeness (QED) is 0.0906. The Hall–Kier alpha value is -2.48. The van der Waals surface area contributed by atoms with E-state index in [1.165, 1.54) is 18.4 Å². The Balaban J connectivity index is 0.000000781. The summed E-state index contributed by atoms with van der Waals surface area (Å²) >= 11 is 0. The van der Waals surface area contributed by atoms with Crippen LogP contribution in [-0.2, 0) is 42.5 Å². The number of hydrogen-bond donors (Lipinski definition) is 0. The van der Waals surface area contributed by atoms with E-state index in [0.717, 1.165) is 25.8 Å². The van der Waals surface area contributed by atoms with E-state index in [4.69, 9.17) is 4.74 Å². The molecular formula is C21H26F10N2O6S2. The highest BCUT2D eigenvalue weighted by atomic mass is 32.3. The number of rotatable bonds is 13. The van der Waals surface area contributed by atoms with E-state index in [-0.39, 0.29) is 5.97 Å². The molecule has 1 aromatic rings. The maximum absolute atomic E-state index is 12.3. The first-order chi connectivity index (χ1) is 18.3. The number of esters is 1. The molecule has 0 unspecified atom stereocenters. The molecule has 0 aliphatic heterocycles. The summed E-state index contributed by atoms with van der Waals surface area (Å²) in [4.78, 5) is 11.2. The fraction of sp³-hybridized carbons (Fsp3) is 0.619. The van der Waals surface area contributed by atoms with Crippen molar-refractivity contribution in [3.63, 3.8) is 0 Å². The van der Waals surface area contributed by atoms with E-state index in [9.17, 15) is 65.5 Å². The molecule has 0 aliphatic carbocycles. The molecule has 0 atom stereocenters. The Morgan fingerprint density at radius 1 is 0.902 bits per heavy atom. The van der Waals surface area contributed by atoms with E-state index in [1.807, 2.05) is 0 Å². The fourth-order valence-electron chi connectivity index (χ4n) is 2.44. The Morgan fingerprint density at radius 2 is 1.39 bits per heavy atom. The zero-order valence-electron chi connectivity index (χ0n) is 21.4. The maximum atomic E-state index is 12.3. The molecule has 0 aromatic carbocycles. The van der Waals surface area contributed by atoms with Crippen LogP contribution in [-0.4, -0.2) is 52.3 Å². The molecule has 0 saturated carbocycles. The van der Waals surface area contributed by atoms with Gasteiger partial charge in [0.05, 0.1) is 6.61 Å². The van der Waals surface area contributed by atoms with Crippen LogP contribution in [0.4, 0.5) is 43.9 Å². The van der Waals surface area contributed by atoms with Crippen molar-refractivity contribution in [3.8, 4) is 0 Å². The molecule has 1 rings (SSSR count). The third kappa shape index (κ3) is 11.0. The fourth-order valence-corrected chi connectivity index (χ4v) is 4.81. The van der Waals surface area contributed by atoms with Gasteiger partial charge in [0.1, 0.15) is 6.54 Å². The number of aryl methyl sites for hydroxylation is 2. The first-order valence-corrected chi connectivity index (χ1v) is 14.1. The standard InChI is InChI=1S/C17H26NO2.C4F10NO4S2/c1-4-5-11-18-12-8-10-16(14-18)9-6-7-13-20-17(19)15(2)3;5-1(6,7)3(11,12)20(16,17)15-21(18,19)4(13,14)2(8,9)10/h8,10,12,14H,2,4-7,9,11,13H2,1,3H3;/q+1;-1. The molecule has 0 fully saturated rings. The molecule has 0 radical (unpaired) electrons. The van der Waals surface area contributed by atoms with Gasteiger partial charge in [-0.2, -0.15) is 43.9 Å². The van der Waals surface area contributed by atoms with E-state index in [1.54, 1.807) is 6.92 Å². The van der Waals surface area contributed by atoms with Crippen LogP contribution in [0.1, 0.15) is 45.1 Å². The third-order valence-corrected chi connectivity index (χ3v) is 7.96. The predicted molar refractivity (Wildman–Crippen MR) is 123 cm³/mol. The molecule has 0 aliphatic rings. The summed E-state index contributed by atoms with van der Waals surface area (Å²) in [5.41, 5.74) is 1.81. The number of unbranched alkanes of at least 4 members (excludes halogenated alkanes) is 2. The zero-order chi connectivity index (χ0) is 32.5. The summed E-state index contributed by atoms with van der Waals surface area (Å²) in [6, 6.07) is 4.26. The maximum Gasteiger partial charge on any atom is 0.467 e. The van der Waals surface area contributed by atoms with Crippen molar-refractivity contribution < 1.29 is 74.8 Å². The molecule has 0 saturated heterocycles. The van der Waals surface area contributed by atoms with Gasteiger partial charge >= 0.3 is 28.8 Å².